The van der Waals surface area contributed by atoms with Crippen molar-refractivity contribution < 1.29 is 9.59 Å². The van der Waals surface area contributed by atoms with Crippen molar-refractivity contribution in [1.29, 1.82) is 0 Å². The number of carbonyl (C=O) groups excluding carboxylic acids is 2. The first-order valence-corrected chi connectivity index (χ1v) is 3.61. The van der Waals surface area contributed by atoms with Crippen molar-refractivity contribution in [2.75, 3.05) is 0 Å². The second-order valence-electron chi connectivity index (χ2n) is 2.33. The van der Waals surface area contributed by atoms with E-state index >= 15 is 0 Å². The minimum atomic E-state index is -0.858. The summed E-state index contributed by atoms with van der Waals surface area (Å²) in [4.78, 5) is 21.0. The zero-order chi connectivity index (χ0) is 8.31. The molecular formula is C6H8Cl2O2. The molecule has 0 unspecified atom stereocenters. The summed E-state index contributed by atoms with van der Waals surface area (Å²) in [5, 5.41) is -1.37. The van der Waals surface area contributed by atoms with E-state index in [9.17, 15) is 9.59 Å². The highest BCUT2D eigenvalue weighted by atomic mass is 35.5. The molecule has 0 saturated carbocycles. The third-order valence-corrected chi connectivity index (χ3v) is 1.63. The Hall–Kier alpha value is -0.0800. The van der Waals surface area contributed by atoms with Gasteiger partial charge in [-0.25, -0.2) is 0 Å². The van der Waals surface area contributed by atoms with Gasteiger partial charge >= 0.3 is 0 Å². The number of carbonyl (C=O) groups is 2. The smallest absolute Gasteiger partial charge is 0.233 e. The molecule has 0 atom stereocenters. The molecule has 0 radical (unpaired) electrons. The molecule has 2 nitrogen and oxygen atoms in total. The number of rotatable bonds is 3. The third-order valence-electron chi connectivity index (χ3n) is 1.16. The van der Waals surface area contributed by atoms with Crippen molar-refractivity contribution in [3.63, 3.8) is 0 Å². The van der Waals surface area contributed by atoms with Crippen LogP contribution < -0.4 is 0 Å². The summed E-state index contributed by atoms with van der Waals surface area (Å²) in [6.45, 7) is 3.43. The Kier molecular flexibility index (Phi) is 3.91. The van der Waals surface area contributed by atoms with Gasteiger partial charge in [0.1, 0.15) is 5.92 Å². The monoisotopic (exact) mass is 182 g/mol. The normalized spacial score (nSPS) is 10.6. The van der Waals surface area contributed by atoms with Crippen molar-refractivity contribution in [2.24, 2.45) is 11.8 Å². The quantitative estimate of drug-likeness (QED) is 0.493. The molecular weight excluding hydrogens is 175 g/mol. The van der Waals surface area contributed by atoms with Crippen molar-refractivity contribution in [1.82, 2.24) is 0 Å². The summed E-state index contributed by atoms with van der Waals surface area (Å²) in [6, 6.07) is 0. The minimum absolute atomic E-state index is 0.130. The van der Waals surface area contributed by atoms with Gasteiger partial charge in [-0.05, 0) is 29.1 Å². The molecule has 0 rings (SSSR count). The molecule has 0 amide bonds. The molecule has 0 aromatic heterocycles. The van der Waals surface area contributed by atoms with Crippen molar-refractivity contribution in [2.45, 2.75) is 13.8 Å². The number of halogens is 2. The molecule has 0 heterocycles. The SMILES string of the molecule is CC(C)C(C(=O)Cl)C(=O)Cl. The molecule has 10 heavy (non-hydrogen) atoms. The first kappa shape index (κ1) is 9.92. The van der Waals surface area contributed by atoms with Crippen LogP contribution in [0.15, 0.2) is 0 Å². The van der Waals surface area contributed by atoms with Crippen molar-refractivity contribution >= 4 is 33.7 Å². The average Bonchev–Trinajstić information content (AvgIpc) is 1.59. The Labute approximate surface area is 69.5 Å². The maximum absolute atomic E-state index is 10.5. The van der Waals surface area contributed by atoms with Gasteiger partial charge in [-0.3, -0.25) is 9.59 Å². The number of hydrogen-bond acceptors (Lipinski definition) is 2. The van der Waals surface area contributed by atoms with E-state index in [2.05, 4.69) is 0 Å². The summed E-state index contributed by atoms with van der Waals surface area (Å²) in [5.74, 6) is -0.988. The van der Waals surface area contributed by atoms with Crippen LogP contribution in [0.25, 0.3) is 0 Å². The predicted octanol–water partition coefficient (Wildman–Crippen LogP) is 1.79. The maximum Gasteiger partial charge on any atom is 0.233 e. The van der Waals surface area contributed by atoms with E-state index in [1.165, 1.54) is 0 Å². The standard InChI is InChI=1S/C6H8Cl2O2/c1-3(2)4(5(7)9)6(8)10/h3-4H,1-2H3. The molecule has 0 aromatic carbocycles. The largest absolute Gasteiger partial charge is 0.280 e. The lowest BCUT2D eigenvalue weighted by Gasteiger charge is -2.09. The zero-order valence-corrected chi connectivity index (χ0v) is 7.24. The Morgan fingerprint density at radius 3 is 1.40 bits per heavy atom. The van der Waals surface area contributed by atoms with E-state index in [1.807, 2.05) is 0 Å². The lowest BCUT2D eigenvalue weighted by molar-refractivity contribution is -0.125. The van der Waals surface area contributed by atoms with Gasteiger partial charge < -0.3 is 0 Å². The van der Waals surface area contributed by atoms with Crippen molar-refractivity contribution in [3.05, 3.63) is 0 Å². The van der Waals surface area contributed by atoms with Gasteiger partial charge in [-0.2, -0.15) is 0 Å². The summed E-state index contributed by atoms with van der Waals surface area (Å²) in [7, 11) is 0. The van der Waals surface area contributed by atoms with Gasteiger partial charge in [0.2, 0.25) is 10.5 Å². The summed E-state index contributed by atoms with van der Waals surface area (Å²) in [6.07, 6.45) is 0. The van der Waals surface area contributed by atoms with Crippen LogP contribution in [0.1, 0.15) is 13.8 Å². The van der Waals surface area contributed by atoms with Crippen LogP contribution in [-0.2, 0) is 9.59 Å². The summed E-state index contributed by atoms with van der Waals surface area (Å²) < 4.78 is 0. The molecule has 0 bridgehead atoms. The molecule has 0 aliphatic rings. The van der Waals surface area contributed by atoms with Crippen LogP contribution in [0.2, 0.25) is 0 Å². The van der Waals surface area contributed by atoms with E-state index in [0.29, 0.717) is 0 Å². The van der Waals surface area contributed by atoms with Crippen LogP contribution in [0.4, 0.5) is 0 Å². The predicted molar refractivity (Wildman–Crippen MR) is 40.0 cm³/mol. The maximum atomic E-state index is 10.5. The van der Waals surface area contributed by atoms with Crippen LogP contribution in [0, 0.1) is 11.8 Å². The molecule has 0 N–H and O–H groups in total. The van der Waals surface area contributed by atoms with Gasteiger partial charge in [-0.15, -0.1) is 0 Å². The highest BCUT2D eigenvalue weighted by Gasteiger charge is 2.26. The average molecular weight is 183 g/mol. The molecule has 0 aliphatic heterocycles. The Morgan fingerprint density at radius 1 is 1.10 bits per heavy atom. The van der Waals surface area contributed by atoms with E-state index in [0.717, 1.165) is 0 Å². The molecule has 0 saturated heterocycles. The first-order valence-electron chi connectivity index (χ1n) is 2.85. The van der Waals surface area contributed by atoms with E-state index in [-0.39, 0.29) is 5.92 Å². The minimum Gasteiger partial charge on any atom is -0.280 e. The van der Waals surface area contributed by atoms with Gasteiger partial charge in [0, 0.05) is 0 Å². The van der Waals surface area contributed by atoms with Gasteiger partial charge in [0.15, 0.2) is 0 Å². The Bertz CT molecular complexity index is 140. The lowest BCUT2D eigenvalue weighted by Crippen LogP contribution is -2.21. The molecule has 58 valence electrons. The fourth-order valence-corrected chi connectivity index (χ4v) is 1.37. The highest BCUT2D eigenvalue weighted by molar-refractivity contribution is 6.73. The molecule has 4 heteroatoms. The van der Waals surface area contributed by atoms with Crippen LogP contribution in [0.5, 0.6) is 0 Å². The first-order chi connectivity index (χ1) is 4.46. The van der Waals surface area contributed by atoms with Gasteiger partial charge in [-0.1, -0.05) is 13.8 Å². The van der Waals surface area contributed by atoms with Crippen LogP contribution in [0.3, 0.4) is 0 Å². The zero-order valence-electron chi connectivity index (χ0n) is 5.73. The van der Waals surface area contributed by atoms with Crippen LogP contribution in [-0.4, -0.2) is 10.5 Å². The molecule has 0 aromatic rings. The van der Waals surface area contributed by atoms with E-state index in [4.69, 9.17) is 23.2 Å². The Morgan fingerprint density at radius 2 is 1.40 bits per heavy atom. The second kappa shape index (κ2) is 3.94. The molecule has 0 spiro atoms. The van der Waals surface area contributed by atoms with Crippen molar-refractivity contribution in [3.8, 4) is 0 Å². The summed E-state index contributed by atoms with van der Waals surface area (Å²) in [5.41, 5.74) is 0. The number of hydrogen-bond donors (Lipinski definition) is 0. The topological polar surface area (TPSA) is 34.1 Å². The fraction of sp³-hybridized carbons (Fsp3) is 0.667. The van der Waals surface area contributed by atoms with E-state index < -0.39 is 16.4 Å². The van der Waals surface area contributed by atoms with Gasteiger partial charge in [0.25, 0.3) is 0 Å². The highest BCUT2D eigenvalue weighted by Crippen LogP contribution is 2.16. The molecule has 0 fully saturated rings. The lowest BCUT2D eigenvalue weighted by atomic mass is 9.99. The third kappa shape index (κ3) is 2.67. The summed E-state index contributed by atoms with van der Waals surface area (Å²) >= 11 is 10.2. The fourth-order valence-electron chi connectivity index (χ4n) is 0.613. The van der Waals surface area contributed by atoms with Gasteiger partial charge in [0.05, 0.1) is 0 Å². The van der Waals surface area contributed by atoms with Crippen LogP contribution >= 0.6 is 23.2 Å². The second-order valence-corrected chi connectivity index (χ2v) is 3.07. The molecule has 0 aliphatic carbocycles. The Balaban J connectivity index is 4.27. The van der Waals surface area contributed by atoms with E-state index in [1.54, 1.807) is 13.8 Å².